The van der Waals surface area contributed by atoms with Crippen molar-refractivity contribution in [2.45, 2.75) is 25.3 Å². The van der Waals surface area contributed by atoms with E-state index in [1.807, 2.05) is 24.3 Å². The molecule has 0 spiro atoms. The minimum absolute atomic E-state index is 0.538. The minimum atomic E-state index is 0.538. The fraction of sp³-hybridized carbons (Fsp3) is 0.500. The molecule has 1 aromatic carbocycles. The summed E-state index contributed by atoms with van der Waals surface area (Å²) in [5, 5.41) is 6.80. The van der Waals surface area contributed by atoms with Crippen LogP contribution in [0.3, 0.4) is 0 Å². The van der Waals surface area contributed by atoms with Gasteiger partial charge in [-0.25, -0.2) is 9.97 Å². The summed E-state index contributed by atoms with van der Waals surface area (Å²) < 4.78 is 5.98. The van der Waals surface area contributed by atoms with Gasteiger partial charge in [-0.3, -0.25) is 0 Å². The molecule has 5 nitrogen and oxygen atoms in total. The normalized spacial score (nSPS) is 21.6. The summed E-state index contributed by atoms with van der Waals surface area (Å²) in [5.41, 5.74) is 1.80. The van der Waals surface area contributed by atoms with E-state index in [0.717, 1.165) is 29.9 Å². The summed E-state index contributed by atoms with van der Waals surface area (Å²) >= 11 is 0. The molecule has 2 aliphatic rings. The Morgan fingerprint density at radius 3 is 2.67 bits per heavy atom. The lowest BCUT2D eigenvalue weighted by atomic mass is 10.1. The third kappa shape index (κ3) is 2.93. The predicted octanol–water partition coefficient (Wildman–Crippen LogP) is 2.19. The molecule has 0 radical (unpaired) electrons. The first-order chi connectivity index (χ1) is 10.4. The summed E-state index contributed by atoms with van der Waals surface area (Å²) in [6.45, 7) is 2.83. The molecule has 21 heavy (non-hydrogen) atoms. The van der Waals surface area contributed by atoms with Gasteiger partial charge in [0.15, 0.2) is 5.82 Å². The van der Waals surface area contributed by atoms with Crippen LogP contribution in [0.4, 0.5) is 5.82 Å². The Labute approximate surface area is 124 Å². The number of ether oxygens (including phenoxy) is 1. The van der Waals surface area contributed by atoms with E-state index >= 15 is 0 Å². The number of fused-ring (bicyclic) bond motifs is 1. The van der Waals surface area contributed by atoms with Gasteiger partial charge in [-0.2, -0.15) is 0 Å². The molecule has 2 fully saturated rings. The first-order valence-corrected chi connectivity index (χ1v) is 7.75. The average Bonchev–Trinajstić information content (AvgIpc) is 3.17. The zero-order valence-electron chi connectivity index (χ0n) is 12.0. The molecule has 1 saturated carbocycles. The molecule has 5 heteroatoms. The van der Waals surface area contributed by atoms with Gasteiger partial charge in [0.05, 0.1) is 17.6 Å². The molecular formula is C16H20N4O. The number of aromatic nitrogens is 2. The molecule has 1 saturated heterocycles. The molecule has 0 bridgehead atoms. The lowest BCUT2D eigenvalue weighted by Gasteiger charge is -2.14. The van der Waals surface area contributed by atoms with Gasteiger partial charge in [0.2, 0.25) is 0 Å². The Morgan fingerprint density at radius 2 is 1.95 bits per heavy atom. The molecule has 1 aromatic heterocycles. The summed E-state index contributed by atoms with van der Waals surface area (Å²) in [4.78, 5) is 9.34. The van der Waals surface area contributed by atoms with E-state index in [-0.39, 0.29) is 0 Å². The van der Waals surface area contributed by atoms with Crippen LogP contribution in [0.1, 0.15) is 19.3 Å². The number of nitrogens with one attached hydrogen (secondary N) is 2. The fourth-order valence-electron chi connectivity index (χ4n) is 2.65. The van der Waals surface area contributed by atoms with Crippen molar-refractivity contribution in [3.8, 4) is 5.88 Å². The first kappa shape index (κ1) is 12.8. The molecule has 110 valence electrons. The molecule has 0 amide bonds. The molecule has 1 unspecified atom stereocenters. The highest BCUT2D eigenvalue weighted by Gasteiger charge is 2.24. The summed E-state index contributed by atoms with van der Waals surface area (Å²) in [7, 11) is 0. The zero-order chi connectivity index (χ0) is 14.1. The summed E-state index contributed by atoms with van der Waals surface area (Å²) in [5.74, 6) is 2.02. The van der Waals surface area contributed by atoms with E-state index in [1.54, 1.807) is 0 Å². The van der Waals surface area contributed by atoms with Crippen LogP contribution < -0.4 is 15.4 Å². The van der Waals surface area contributed by atoms with Gasteiger partial charge in [-0.05, 0) is 37.9 Å². The van der Waals surface area contributed by atoms with Crippen LogP contribution in [0.5, 0.6) is 5.88 Å². The zero-order valence-corrected chi connectivity index (χ0v) is 12.0. The van der Waals surface area contributed by atoms with Crippen molar-refractivity contribution in [1.82, 2.24) is 15.3 Å². The molecule has 2 aromatic rings. The number of hydrogen-bond donors (Lipinski definition) is 2. The van der Waals surface area contributed by atoms with Crippen molar-refractivity contribution < 1.29 is 4.74 Å². The van der Waals surface area contributed by atoms with E-state index in [2.05, 4.69) is 20.6 Å². The quantitative estimate of drug-likeness (QED) is 0.881. The fourth-order valence-corrected chi connectivity index (χ4v) is 2.65. The Hall–Kier alpha value is -1.88. The molecule has 2 N–H and O–H groups in total. The molecule has 1 atom stereocenters. The number of rotatable bonds is 5. The highest BCUT2D eigenvalue weighted by Crippen LogP contribution is 2.30. The Bertz CT molecular complexity index is 635. The van der Waals surface area contributed by atoms with E-state index < -0.39 is 0 Å². The highest BCUT2D eigenvalue weighted by atomic mass is 16.5. The number of nitrogens with zero attached hydrogens (tertiary/aromatic N) is 2. The smallest absolute Gasteiger partial charge is 0.258 e. The minimum Gasteiger partial charge on any atom is -0.475 e. The second kappa shape index (κ2) is 5.48. The standard InChI is InChI=1S/C16H20N4O/c1-2-4-14-13(3-1)19-15(18-12-5-6-12)16(20-14)21-10-11-7-8-17-9-11/h1-4,11-12,17H,5-10H2,(H,18,19). The van der Waals surface area contributed by atoms with Crippen LogP contribution in [0, 0.1) is 5.92 Å². The monoisotopic (exact) mass is 284 g/mol. The van der Waals surface area contributed by atoms with Crippen LogP contribution in [0.2, 0.25) is 0 Å². The number of para-hydroxylation sites is 2. The van der Waals surface area contributed by atoms with E-state index in [9.17, 15) is 0 Å². The van der Waals surface area contributed by atoms with Crippen molar-refractivity contribution in [3.63, 3.8) is 0 Å². The number of hydrogen-bond acceptors (Lipinski definition) is 5. The van der Waals surface area contributed by atoms with Crippen molar-refractivity contribution in [1.29, 1.82) is 0 Å². The molecule has 4 rings (SSSR count). The topological polar surface area (TPSA) is 59.1 Å². The third-order valence-electron chi connectivity index (χ3n) is 4.07. The average molecular weight is 284 g/mol. The Kier molecular flexibility index (Phi) is 3.35. The lowest BCUT2D eigenvalue weighted by molar-refractivity contribution is 0.252. The van der Waals surface area contributed by atoms with Crippen molar-refractivity contribution in [2.24, 2.45) is 5.92 Å². The number of benzene rings is 1. The van der Waals surface area contributed by atoms with Crippen LogP contribution >= 0.6 is 0 Å². The van der Waals surface area contributed by atoms with Gasteiger partial charge in [-0.15, -0.1) is 0 Å². The highest BCUT2D eigenvalue weighted by molar-refractivity contribution is 5.77. The number of anilines is 1. The molecular weight excluding hydrogens is 264 g/mol. The van der Waals surface area contributed by atoms with Gasteiger partial charge >= 0.3 is 0 Å². The van der Waals surface area contributed by atoms with Crippen LogP contribution in [-0.4, -0.2) is 35.7 Å². The summed E-state index contributed by atoms with van der Waals surface area (Å²) in [6.07, 6.45) is 3.59. The van der Waals surface area contributed by atoms with Gasteiger partial charge in [0.25, 0.3) is 5.88 Å². The summed E-state index contributed by atoms with van der Waals surface area (Å²) in [6, 6.07) is 8.48. The third-order valence-corrected chi connectivity index (χ3v) is 4.07. The van der Waals surface area contributed by atoms with Gasteiger partial charge in [-0.1, -0.05) is 12.1 Å². The molecule has 2 heterocycles. The maximum Gasteiger partial charge on any atom is 0.258 e. The van der Waals surface area contributed by atoms with E-state index in [1.165, 1.54) is 19.3 Å². The largest absolute Gasteiger partial charge is 0.475 e. The first-order valence-electron chi connectivity index (χ1n) is 7.75. The predicted molar refractivity (Wildman–Crippen MR) is 82.7 cm³/mol. The SMILES string of the molecule is c1ccc2nc(OCC3CCNC3)c(NC3CC3)nc2c1. The lowest BCUT2D eigenvalue weighted by Crippen LogP contribution is -2.17. The molecule has 1 aliphatic carbocycles. The maximum absolute atomic E-state index is 5.98. The van der Waals surface area contributed by atoms with Crippen molar-refractivity contribution in [2.75, 3.05) is 25.0 Å². The second-order valence-corrected chi connectivity index (χ2v) is 5.95. The second-order valence-electron chi connectivity index (χ2n) is 5.95. The van der Waals surface area contributed by atoms with Crippen LogP contribution in [-0.2, 0) is 0 Å². The van der Waals surface area contributed by atoms with Crippen LogP contribution in [0.25, 0.3) is 11.0 Å². The van der Waals surface area contributed by atoms with Crippen molar-refractivity contribution >= 4 is 16.9 Å². The van der Waals surface area contributed by atoms with E-state index in [4.69, 9.17) is 4.74 Å². The maximum atomic E-state index is 5.98. The van der Waals surface area contributed by atoms with Crippen molar-refractivity contribution in [3.05, 3.63) is 24.3 Å². The van der Waals surface area contributed by atoms with Gasteiger partial charge in [0.1, 0.15) is 0 Å². The molecule has 1 aliphatic heterocycles. The Balaban J connectivity index is 1.59. The van der Waals surface area contributed by atoms with Crippen LogP contribution in [0.15, 0.2) is 24.3 Å². The Morgan fingerprint density at radius 1 is 1.14 bits per heavy atom. The van der Waals surface area contributed by atoms with Gasteiger partial charge in [0, 0.05) is 18.5 Å². The van der Waals surface area contributed by atoms with E-state index in [0.29, 0.717) is 24.4 Å². The van der Waals surface area contributed by atoms with Gasteiger partial charge < -0.3 is 15.4 Å².